The van der Waals surface area contributed by atoms with E-state index in [-0.39, 0.29) is 24.5 Å². The monoisotopic (exact) mass is 260 g/mol. The Morgan fingerprint density at radius 2 is 1.94 bits per heavy atom. The molecule has 18 heavy (non-hydrogen) atoms. The first-order valence-corrected chi connectivity index (χ1v) is 6.16. The quantitative estimate of drug-likeness (QED) is 0.555. The van der Waals surface area contributed by atoms with Crippen LogP contribution in [0.4, 0.5) is 0 Å². The zero-order chi connectivity index (χ0) is 14.1. The molecule has 0 bridgehead atoms. The molecule has 0 saturated carbocycles. The number of amides is 1. The molecule has 0 fully saturated rings. The third-order valence-corrected chi connectivity index (χ3v) is 2.69. The summed E-state index contributed by atoms with van der Waals surface area (Å²) < 4.78 is 4.75. The lowest BCUT2D eigenvalue weighted by Crippen LogP contribution is -2.45. The number of nitrogens with one attached hydrogen (secondary N) is 1. The van der Waals surface area contributed by atoms with E-state index in [1.54, 1.807) is 6.92 Å². The molecule has 106 valence electrons. The summed E-state index contributed by atoms with van der Waals surface area (Å²) in [4.78, 5) is 22.6. The van der Waals surface area contributed by atoms with Crippen LogP contribution >= 0.6 is 0 Å². The van der Waals surface area contributed by atoms with Gasteiger partial charge >= 0.3 is 5.97 Å². The minimum Gasteiger partial charge on any atom is -0.480 e. The molecule has 6 heteroatoms. The van der Waals surface area contributed by atoms with Gasteiger partial charge in [0.1, 0.15) is 0 Å². The number of carbonyl (C=O) groups is 2. The number of carboxylic acid groups (broad SMARTS) is 1. The third kappa shape index (κ3) is 7.24. The maximum atomic E-state index is 11.7. The summed E-state index contributed by atoms with van der Waals surface area (Å²) in [6.07, 6.45) is 2.42. The second-order valence-corrected chi connectivity index (χ2v) is 4.66. The molecule has 0 aromatic heterocycles. The van der Waals surface area contributed by atoms with Crippen LogP contribution in [-0.2, 0) is 14.3 Å². The summed E-state index contributed by atoms with van der Waals surface area (Å²) in [5, 5.41) is 11.3. The lowest BCUT2D eigenvalue weighted by Gasteiger charge is -2.17. The number of aliphatic carboxylic acids is 1. The van der Waals surface area contributed by atoms with Gasteiger partial charge in [0.2, 0.25) is 5.91 Å². The van der Waals surface area contributed by atoms with Gasteiger partial charge < -0.3 is 20.9 Å². The molecule has 0 spiro atoms. The second kappa shape index (κ2) is 8.88. The van der Waals surface area contributed by atoms with Gasteiger partial charge in [-0.3, -0.25) is 4.79 Å². The van der Waals surface area contributed by atoms with E-state index < -0.39 is 12.0 Å². The van der Waals surface area contributed by atoms with Crippen LogP contribution in [0, 0.1) is 5.92 Å². The van der Waals surface area contributed by atoms with Crippen LogP contribution < -0.4 is 11.1 Å². The average Bonchev–Trinajstić information content (AvgIpc) is 2.27. The van der Waals surface area contributed by atoms with E-state index in [4.69, 9.17) is 15.6 Å². The van der Waals surface area contributed by atoms with Gasteiger partial charge in [-0.2, -0.15) is 0 Å². The average molecular weight is 260 g/mol. The van der Waals surface area contributed by atoms with E-state index in [0.717, 1.165) is 12.8 Å². The third-order valence-electron chi connectivity index (χ3n) is 2.69. The van der Waals surface area contributed by atoms with Crippen LogP contribution in [0.25, 0.3) is 0 Å². The SMILES string of the molecule is COCC(NC(=O)C(C)CCCC(C)N)C(=O)O. The van der Waals surface area contributed by atoms with Gasteiger partial charge in [-0.05, 0) is 19.8 Å². The Balaban J connectivity index is 4.08. The summed E-state index contributed by atoms with van der Waals surface area (Å²) in [5.41, 5.74) is 5.62. The van der Waals surface area contributed by atoms with Crippen molar-refractivity contribution in [3.8, 4) is 0 Å². The Kier molecular flexibility index (Phi) is 8.32. The van der Waals surface area contributed by atoms with E-state index in [1.807, 2.05) is 6.92 Å². The van der Waals surface area contributed by atoms with Crippen LogP contribution in [0.15, 0.2) is 0 Å². The first-order chi connectivity index (χ1) is 8.38. The normalized spacial score (nSPS) is 15.8. The van der Waals surface area contributed by atoms with Gasteiger partial charge in [0.15, 0.2) is 6.04 Å². The molecule has 3 unspecified atom stereocenters. The fourth-order valence-corrected chi connectivity index (χ4v) is 1.53. The summed E-state index contributed by atoms with van der Waals surface area (Å²) in [6.45, 7) is 3.67. The molecule has 3 atom stereocenters. The molecule has 6 nitrogen and oxygen atoms in total. The van der Waals surface area contributed by atoms with Crippen LogP contribution in [0.3, 0.4) is 0 Å². The van der Waals surface area contributed by atoms with Crippen molar-refractivity contribution in [2.75, 3.05) is 13.7 Å². The summed E-state index contributed by atoms with van der Waals surface area (Å²) in [7, 11) is 1.40. The lowest BCUT2D eigenvalue weighted by atomic mass is 10.0. The van der Waals surface area contributed by atoms with Crippen molar-refractivity contribution >= 4 is 11.9 Å². The van der Waals surface area contributed by atoms with Gasteiger partial charge in [0.05, 0.1) is 6.61 Å². The van der Waals surface area contributed by atoms with Crippen LogP contribution in [0.5, 0.6) is 0 Å². The van der Waals surface area contributed by atoms with Crippen LogP contribution in [0.2, 0.25) is 0 Å². The van der Waals surface area contributed by atoms with Crippen molar-refractivity contribution in [1.82, 2.24) is 5.32 Å². The fourth-order valence-electron chi connectivity index (χ4n) is 1.53. The predicted molar refractivity (Wildman–Crippen MR) is 68.1 cm³/mol. The number of carboxylic acids is 1. The smallest absolute Gasteiger partial charge is 0.328 e. The number of rotatable bonds is 9. The summed E-state index contributed by atoms with van der Waals surface area (Å²) in [6, 6.07) is -0.862. The van der Waals surface area contributed by atoms with Crippen molar-refractivity contribution < 1.29 is 19.4 Å². The maximum Gasteiger partial charge on any atom is 0.328 e. The molecule has 0 saturated heterocycles. The molecule has 0 radical (unpaired) electrons. The molecule has 0 aliphatic rings. The molecule has 0 heterocycles. The molecular formula is C12H24N2O4. The van der Waals surface area contributed by atoms with E-state index in [9.17, 15) is 9.59 Å². The molecule has 0 aliphatic heterocycles. The van der Waals surface area contributed by atoms with Crippen molar-refractivity contribution in [1.29, 1.82) is 0 Å². The van der Waals surface area contributed by atoms with Crippen LogP contribution in [0.1, 0.15) is 33.1 Å². The first-order valence-electron chi connectivity index (χ1n) is 6.16. The highest BCUT2D eigenvalue weighted by Crippen LogP contribution is 2.09. The first kappa shape index (κ1) is 16.9. The van der Waals surface area contributed by atoms with Gasteiger partial charge in [-0.1, -0.05) is 13.3 Å². The minimum atomic E-state index is -1.09. The van der Waals surface area contributed by atoms with Crippen molar-refractivity contribution in [3.05, 3.63) is 0 Å². The van der Waals surface area contributed by atoms with Crippen molar-refractivity contribution in [2.24, 2.45) is 11.7 Å². The Hall–Kier alpha value is -1.14. The highest BCUT2D eigenvalue weighted by molar-refractivity contribution is 5.84. The highest BCUT2D eigenvalue weighted by Gasteiger charge is 2.22. The predicted octanol–water partition coefficient (Wildman–Crippen LogP) is 0.356. The molecule has 1 amide bonds. The van der Waals surface area contributed by atoms with Gasteiger partial charge in [-0.15, -0.1) is 0 Å². The Labute approximate surface area is 108 Å². The van der Waals surface area contributed by atoms with Crippen molar-refractivity contribution in [3.63, 3.8) is 0 Å². The lowest BCUT2D eigenvalue weighted by molar-refractivity contribution is -0.143. The molecule has 0 rings (SSSR count). The van der Waals surface area contributed by atoms with Crippen LogP contribution in [-0.4, -0.2) is 42.8 Å². The van der Waals surface area contributed by atoms with Gasteiger partial charge in [-0.25, -0.2) is 4.79 Å². The fraction of sp³-hybridized carbons (Fsp3) is 0.833. The Bertz CT molecular complexity index is 269. The number of nitrogens with two attached hydrogens (primary N) is 1. The molecule has 0 aliphatic carbocycles. The molecule has 4 N–H and O–H groups in total. The molecule has 0 aromatic rings. The van der Waals surface area contributed by atoms with Gasteiger partial charge in [0, 0.05) is 19.1 Å². The number of hydrogen-bond acceptors (Lipinski definition) is 4. The molecule has 0 aromatic carbocycles. The number of hydrogen-bond donors (Lipinski definition) is 3. The van der Waals surface area contributed by atoms with E-state index >= 15 is 0 Å². The standard InChI is InChI=1S/C12H24N2O4/c1-8(5-4-6-9(2)13)11(15)14-10(7-18-3)12(16)17/h8-10H,4-7,13H2,1-3H3,(H,14,15)(H,16,17). The van der Waals surface area contributed by atoms with Gasteiger partial charge in [0.25, 0.3) is 0 Å². The van der Waals surface area contributed by atoms with Crippen molar-refractivity contribution in [2.45, 2.75) is 45.2 Å². The van der Waals surface area contributed by atoms with E-state index in [2.05, 4.69) is 5.32 Å². The van der Waals surface area contributed by atoms with E-state index in [0.29, 0.717) is 6.42 Å². The largest absolute Gasteiger partial charge is 0.480 e. The highest BCUT2D eigenvalue weighted by atomic mass is 16.5. The molecular weight excluding hydrogens is 236 g/mol. The maximum absolute atomic E-state index is 11.7. The Morgan fingerprint density at radius 1 is 1.33 bits per heavy atom. The zero-order valence-corrected chi connectivity index (χ0v) is 11.3. The summed E-state index contributed by atoms with van der Waals surface area (Å²) in [5.74, 6) is -1.57. The zero-order valence-electron chi connectivity index (χ0n) is 11.3. The number of ether oxygens (including phenoxy) is 1. The van der Waals surface area contributed by atoms with E-state index in [1.165, 1.54) is 7.11 Å². The second-order valence-electron chi connectivity index (χ2n) is 4.66. The summed E-state index contributed by atoms with van der Waals surface area (Å²) >= 11 is 0. The minimum absolute atomic E-state index is 0.0341. The topological polar surface area (TPSA) is 102 Å². The Morgan fingerprint density at radius 3 is 2.39 bits per heavy atom. The number of carbonyl (C=O) groups excluding carboxylic acids is 1. The number of methoxy groups -OCH3 is 1.